The normalized spacial score (nSPS) is 11.8. The molecule has 6 nitrogen and oxygen atoms in total. The number of halogens is 1. The number of para-hydroxylation sites is 3. The van der Waals surface area contributed by atoms with Crippen molar-refractivity contribution in [2.75, 3.05) is 5.32 Å². The van der Waals surface area contributed by atoms with E-state index in [1.807, 2.05) is 6.07 Å². The molecule has 0 spiro atoms. The number of hydrogen-bond donors (Lipinski definition) is 1. The van der Waals surface area contributed by atoms with Crippen LogP contribution in [-0.2, 0) is 4.79 Å². The predicted molar refractivity (Wildman–Crippen MR) is 86.5 cm³/mol. The fraction of sp³-hybridized carbons (Fsp3) is 0.118. The molecular weight excluding hydrogens is 311 g/mol. The van der Waals surface area contributed by atoms with Crippen molar-refractivity contribution >= 4 is 11.6 Å². The van der Waals surface area contributed by atoms with Crippen LogP contribution in [0.4, 0.5) is 10.1 Å². The summed E-state index contributed by atoms with van der Waals surface area (Å²) in [7, 11) is 0. The summed E-state index contributed by atoms with van der Waals surface area (Å²) in [6.07, 6.45) is 2.07. The van der Waals surface area contributed by atoms with Crippen molar-refractivity contribution in [3.63, 3.8) is 0 Å². The zero-order valence-electron chi connectivity index (χ0n) is 12.9. The van der Waals surface area contributed by atoms with Gasteiger partial charge in [0.2, 0.25) is 0 Å². The van der Waals surface area contributed by atoms with Gasteiger partial charge in [-0.15, -0.1) is 0 Å². The molecular formula is C17H15FN4O2. The van der Waals surface area contributed by atoms with Crippen molar-refractivity contribution in [3.05, 3.63) is 67.0 Å². The molecule has 0 aliphatic rings. The first-order valence-electron chi connectivity index (χ1n) is 7.31. The number of anilines is 1. The fourth-order valence-electron chi connectivity index (χ4n) is 2.13. The first-order valence-corrected chi connectivity index (χ1v) is 7.31. The van der Waals surface area contributed by atoms with Crippen LogP contribution in [0.3, 0.4) is 0 Å². The molecule has 0 radical (unpaired) electrons. The van der Waals surface area contributed by atoms with Crippen LogP contribution in [0.15, 0.2) is 61.2 Å². The summed E-state index contributed by atoms with van der Waals surface area (Å²) in [6.45, 7) is 1.56. The number of hydrogen-bond acceptors (Lipinski definition) is 4. The lowest BCUT2D eigenvalue weighted by Gasteiger charge is -2.16. The Morgan fingerprint density at radius 1 is 1.21 bits per heavy atom. The second kappa shape index (κ2) is 6.91. The van der Waals surface area contributed by atoms with Crippen LogP contribution in [0.1, 0.15) is 6.92 Å². The number of amides is 1. The summed E-state index contributed by atoms with van der Waals surface area (Å²) >= 11 is 0. The van der Waals surface area contributed by atoms with Crippen molar-refractivity contribution in [3.8, 4) is 11.4 Å². The Bertz CT molecular complexity index is 836. The van der Waals surface area contributed by atoms with Crippen LogP contribution in [0.25, 0.3) is 5.69 Å². The third kappa shape index (κ3) is 3.40. The highest BCUT2D eigenvalue weighted by atomic mass is 19.1. The van der Waals surface area contributed by atoms with Crippen LogP contribution in [0, 0.1) is 5.82 Å². The van der Waals surface area contributed by atoms with Crippen LogP contribution < -0.4 is 10.1 Å². The third-order valence-corrected chi connectivity index (χ3v) is 3.34. The monoisotopic (exact) mass is 326 g/mol. The van der Waals surface area contributed by atoms with E-state index in [0.717, 1.165) is 0 Å². The van der Waals surface area contributed by atoms with Gasteiger partial charge >= 0.3 is 0 Å². The molecule has 1 amide bonds. The Balaban J connectivity index is 1.75. The predicted octanol–water partition coefficient (Wildman–Crippen LogP) is 2.81. The Labute approximate surface area is 137 Å². The van der Waals surface area contributed by atoms with Crippen molar-refractivity contribution in [1.29, 1.82) is 0 Å². The second-order valence-electron chi connectivity index (χ2n) is 5.04. The van der Waals surface area contributed by atoms with Gasteiger partial charge in [0.05, 0.1) is 11.4 Å². The fourth-order valence-corrected chi connectivity index (χ4v) is 2.13. The maximum atomic E-state index is 13.6. The Morgan fingerprint density at radius 2 is 1.96 bits per heavy atom. The van der Waals surface area contributed by atoms with Gasteiger partial charge in [-0.25, -0.2) is 14.1 Å². The molecule has 0 saturated carbocycles. The number of ether oxygens (including phenoxy) is 1. The smallest absolute Gasteiger partial charge is 0.265 e. The van der Waals surface area contributed by atoms with Gasteiger partial charge in [0.1, 0.15) is 12.7 Å². The molecule has 0 aliphatic carbocycles. The standard InChI is InChI=1S/C17H15FN4O2/c1-12(24-16-9-5-2-6-13(16)18)17(23)21-14-7-3-4-8-15(14)22-11-19-10-20-22/h2-12H,1H3,(H,21,23)/t12-/m1/s1. The van der Waals surface area contributed by atoms with E-state index in [-0.39, 0.29) is 5.75 Å². The van der Waals surface area contributed by atoms with Crippen molar-refractivity contribution in [2.24, 2.45) is 0 Å². The minimum Gasteiger partial charge on any atom is -0.478 e. The molecule has 3 rings (SSSR count). The summed E-state index contributed by atoms with van der Waals surface area (Å²) in [5.74, 6) is -0.879. The quantitative estimate of drug-likeness (QED) is 0.783. The van der Waals surface area contributed by atoms with Crippen LogP contribution in [0.5, 0.6) is 5.75 Å². The van der Waals surface area contributed by atoms with Crippen LogP contribution in [0.2, 0.25) is 0 Å². The molecule has 0 saturated heterocycles. The molecule has 1 N–H and O–H groups in total. The van der Waals surface area contributed by atoms with Crippen molar-refractivity contribution in [1.82, 2.24) is 14.8 Å². The maximum Gasteiger partial charge on any atom is 0.265 e. The molecule has 7 heteroatoms. The van der Waals surface area contributed by atoms with E-state index in [1.54, 1.807) is 37.3 Å². The zero-order valence-corrected chi connectivity index (χ0v) is 12.9. The van der Waals surface area contributed by atoms with Gasteiger partial charge in [-0.1, -0.05) is 24.3 Å². The van der Waals surface area contributed by atoms with E-state index >= 15 is 0 Å². The first-order chi connectivity index (χ1) is 11.6. The van der Waals surface area contributed by atoms with E-state index in [0.29, 0.717) is 11.4 Å². The maximum absolute atomic E-state index is 13.6. The summed E-state index contributed by atoms with van der Waals surface area (Å²) in [5, 5.41) is 6.82. The first kappa shape index (κ1) is 15.7. The topological polar surface area (TPSA) is 69.0 Å². The molecule has 122 valence electrons. The molecule has 0 aliphatic heterocycles. The van der Waals surface area contributed by atoms with Gasteiger partial charge in [0.15, 0.2) is 17.7 Å². The van der Waals surface area contributed by atoms with Crippen LogP contribution in [-0.4, -0.2) is 26.8 Å². The average molecular weight is 326 g/mol. The van der Waals surface area contributed by atoms with Gasteiger partial charge in [-0.2, -0.15) is 5.10 Å². The van der Waals surface area contributed by atoms with E-state index in [1.165, 1.54) is 29.5 Å². The molecule has 1 aromatic heterocycles. The highest BCUT2D eigenvalue weighted by Crippen LogP contribution is 2.20. The highest BCUT2D eigenvalue weighted by Gasteiger charge is 2.18. The summed E-state index contributed by atoms with van der Waals surface area (Å²) in [5.41, 5.74) is 1.22. The molecule has 0 fully saturated rings. The number of nitrogens with one attached hydrogen (secondary N) is 1. The number of nitrogens with zero attached hydrogens (tertiary/aromatic N) is 3. The molecule has 1 heterocycles. The molecule has 2 aromatic carbocycles. The SMILES string of the molecule is C[C@@H](Oc1ccccc1F)C(=O)Nc1ccccc1-n1cncn1. The highest BCUT2D eigenvalue weighted by molar-refractivity contribution is 5.95. The van der Waals surface area contributed by atoms with E-state index < -0.39 is 17.8 Å². The van der Waals surface area contributed by atoms with Gasteiger partial charge in [-0.3, -0.25) is 4.79 Å². The lowest BCUT2D eigenvalue weighted by molar-refractivity contribution is -0.122. The summed E-state index contributed by atoms with van der Waals surface area (Å²) in [6, 6.07) is 13.1. The number of carbonyl (C=O) groups is 1. The number of rotatable bonds is 5. The van der Waals surface area contributed by atoms with Gasteiger partial charge in [0, 0.05) is 0 Å². The lowest BCUT2D eigenvalue weighted by Crippen LogP contribution is -2.30. The zero-order chi connectivity index (χ0) is 16.9. The summed E-state index contributed by atoms with van der Waals surface area (Å²) < 4.78 is 20.5. The minimum absolute atomic E-state index is 0.0321. The van der Waals surface area contributed by atoms with Crippen molar-refractivity contribution in [2.45, 2.75) is 13.0 Å². The molecule has 0 bridgehead atoms. The number of benzene rings is 2. The van der Waals surface area contributed by atoms with Gasteiger partial charge in [0.25, 0.3) is 5.91 Å². The van der Waals surface area contributed by atoms with Gasteiger partial charge in [-0.05, 0) is 31.2 Å². The molecule has 24 heavy (non-hydrogen) atoms. The van der Waals surface area contributed by atoms with Crippen molar-refractivity contribution < 1.29 is 13.9 Å². The number of carbonyl (C=O) groups excluding carboxylic acids is 1. The Morgan fingerprint density at radius 3 is 2.71 bits per heavy atom. The lowest BCUT2D eigenvalue weighted by atomic mass is 10.2. The molecule has 3 aromatic rings. The third-order valence-electron chi connectivity index (χ3n) is 3.34. The molecule has 0 unspecified atom stereocenters. The molecule has 1 atom stereocenters. The van der Waals surface area contributed by atoms with E-state index in [2.05, 4.69) is 15.4 Å². The average Bonchev–Trinajstić information content (AvgIpc) is 3.11. The number of aromatic nitrogens is 3. The minimum atomic E-state index is -0.870. The Hall–Kier alpha value is -3.22. The van der Waals surface area contributed by atoms with E-state index in [4.69, 9.17) is 4.74 Å². The summed E-state index contributed by atoms with van der Waals surface area (Å²) in [4.78, 5) is 16.2. The second-order valence-corrected chi connectivity index (χ2v) is 5.04. The van der Waals surface area contributed by atoms with E-state index in [9.17, 15) is 9.18 Å². The largest absolute Gasteiger partial charge is 0.478 e. The Kier molecular flexibility index (Phi) is 4.51. The van der Waals surface area contributed by atoms with Crippen LogP contribution >= 0.6 is 0 Å². The van der Waals surface area contributed by atoms with Gasteiger partial charge < -0.3 is 10.1 Å².